The van der Waals surface area contributed by atoms with E-state index in [0.29, 0.717) is 11.3 Å². The Morgan fingerprint density at radius 3 is 2.73 bits per heavy atom. The quantitative estimate of drug-likeness (QED) is 0.747. The van der Waals surface area contributed by atoms with Crippen molar-refractivity contribution in [2.45, 2.75) is 13.3 Å². The fourth-order valence-corrected chi connectivity index (χ4v) is 3.15. The summed E-state index contributed by atoms with van der Waals surface area (Å²) in [5, 5.41) is 11.3. The number of hydrogen-bond acceptors (Lipinski definition) is 4. The Morgan fingerprint density at radius 1 is 1.32 bits per heavy atom. The fourth-order valence-electron chi connectivity index (χ4n) is 2.44. The third-order valence-corrected chi connectivity index (χ3v) is 4.44. The molecule has 0 radical (unpaired) electrons. The Balaban J connectivity index is 2.18. The Hall–Kier alpha value is -2.65. The fraction of sp³-hybridized carbons (Fsp3) is 0.188. The van der Waals surface area contributed by atoms with Gasteiger partial charge in [-0.05, 0) is 19.1 Å². The van der Waals surface area contributed by atoms with Crippen LogP contribution in [0.15, 0.2) is 40.5 Å². The molecule has 0 unspecified atom stereocenters. The SMILES string of the molecule is Cc1c(-c2csc(CC#N)n2)c(=O)n(-c2ccccc2)n1C. The van der Waals surface area contributed by atoms with Crippen LogP contribution in [0.4, 0.5) is 0 Å². The van der Waals surface area contributed by atoms with Gasteiger partial charge in [0.25, 0.3) is 5.56 Å². The minimum Gasteiger partial charge on any atom is -0.285 e. The minimum absolute atomic E-state index is 0.0972. The summed E-state index contributed by atoms with van der Waals surface area (Å²) in [6, 6.07) is 11.6. The standard InChI is InChI=1S/C16H14N4OS/c1-11-15(13-10-22-14(18-13)8-9-17)16(21)20(19(11)2)12-6-4-3-5-7-12/h3-7,10H,8H2,1-2H3. The van der Waals surface area contributed by atoms with Gasteiger partial charge in [0, 0.05) is 18.1 Å². The number of thiazole rings is 1. The van der Waals surface area contributed by atoms with Gasteiger partial charge in [-0.3, -0.25) is 9.48 Å². The molecular formula is C16H14N4OS. The number of benzene rings is 1. The molecule has 0 bridgehead atoms. The molecule has 0 amide bonds. The van der Waals surface area contributed by atoms with Crippen molar-refractivity contribution in [2.24, 2.45) is 7.05 Å². The first-order valence-electron chi connectivity index (χ1n) is 6.79. The first kappa shape index (κ1) is 14.3. The van der Waals surface area contributed by atoms with Crippen molar-refractivity contribution in [3.05, 3.63) is 56.8 Å². The van der Waals surface area contributed by atoms with Gasteiger partial charge in [-0.25, -0.2) is 9.67 Å². The molecule has 0 saturated heterocycles. The van der Waals surface area contributed by atoms with Crippen LogP contribution in [0, 0.1) is 18.3 Å². The summed E-state index contributed by atoms with van der Waals surface area (Å²) in [6.45, 7) is 1.90. The lowest BCUT2D eigenvalue weighted by atomic mass is 10.2. The van der Waals surface area contributed by atoms with Crippen molar-refractivity contribution >= 4 is 11.3 Å². The molecule has 110 valence electrons. The molecule has 0 saturated carbocycles. The van der Waals surface area contributed by atoms with Crippen LogP contribution < -0.4 is 5.56 Å². The van der Waals surface area contributed by atoms with E-state index in [1.165, 1.54) is 11.3 Å². The lowest BCUT2D eigenvalue weighted by Crippen LogP contribution is -2.20. The number of hydrogen-bond donors (Lipinski definition) is 0. The van der Waals surface area contributed by atoms with Gasteiger partial charge in [-0.2, -0.15) is 5.26 Å². The van der Waals surface area contributed by atoms with Crippen molar-refractivity contribution in [1.29, 1.82) is 5.26 Å². The van der Waals surface area contributed by atoms with Gasteiger partial charge in [0.2, 0.25) is 0 Å². The van der Waals surface area contributed by atoms with E-state index in [4.69, 9.17) is 5.26 Å². The number of nitrogens with zero attached hydrogens (tertiary/aromatic N) is 4. The summed E-state index contributed by atoms with van der Waals surface area (Å²) in [6.07, 6.45) is 0.267. The number of para-hydroxylation sites is 1. The zero-order chi connectivity index (χ0) is 15.7. The molecule has 1 aromatic carbocycles. The van der Waals surface area contributed by atoms with Gasteiger partial charge in [-0.1, -0.05) is 18.2 Å². The van der Waals surface area contributed by atoms with Crippen molar-refractivity contribution in [2.75, 3.05) is 0 Å². The van der Waals surface area contributed by atoms with E-state index in [9.17, 15) is 4.79 Å². The first-order chi connectivity index (χ1) is 10.6. The molecule has 5 nitrogen and oxygen atoms in total. The molecule has 0 spiro atoms. The van der Waals surface area contributed by atoms with Gasteiger partial charge >= 0.3 is 0 Å². The van der Waals surface area contributed by atoms with Crippen LogP contribution in [0.2, 0.25) is 0 Å². The van der Waals surface area contributed by atoms with Crippen LogP contribution in [0.5, 0.6) is 0 Å². The molecule has 22 heavy (non-hydrogen) atoms. The summed E-state index contributed by atoms with van der Waals surface area (Å²) in [5.74, 6) is 0. The van der Waals surface area contributed by atoms with Crippen LogP contribution in [0.3, 0.4) is 0 Å². The predicted octanol–water partition coefficient (Wildman–Crippen LogP) is 2.67. The number of nitriles is 1. The van der Waals surface area contributed by atoms with Crippen molar-refractivity contribution in [1.82, 2.24) is 14.3 Å². The Morgan fingerprint density at radius 2 is 2.05 bits per heavy atom. The molecule has 0 fully saturated rings. The van der Waals surface area contributed by atoms with Crippen LogP contribution in [-0.2, 0) is 13.5 Å². The minimum atomic E-state index is -0.0972. The molecule has 6 heteroatoms. The maximum atomic E-state index is 12.8. The van der Waals surface area contributed by atoms with Gasteiger partial charge in [0.05, 0.1) is 29.4 Å². The van der Waals surface area contributed by atoms with E-state index in [-0.39, 0.29) is 12.0 Å². The van der Waals surface area contributed by atoms with Crippen LogP contribution in [0.25, 0.3) is 16.9 Å². The summed E-state index contributed by atoms with van der Waals surface area (Å²) < 4.78 is 3.46. The largest absolute Gasteiger partial charge is 0.285 e. The summed E-state index contributed by atoms with van der Waals surface area (Å²) in [4.78, 5) is 17.2. The summed E-state index contributed by atoms with van der Waals surface area (Å²) >= 11 is 1.41. The first-order valence-corrected chi connectivity index (χ1v) is 7.67. The van der Waals surface area contributed by atoms with Gasteiger partial charge in [0.1, 0.15) is 5.01 Å². The second-order valence-corrected chi connectivity index (χ2v) is 5.84. The highest BCUT2D eigenvalue weighted by Gasteiger charge is 2.19. The van der Waals surface area contributed by atoms with E-state index in [0.717, 1.165) is 16.4 Å². The van der Waals surface area contributed by atoms with Crippen LogP contribution >= 0.6 is 11.3 Å². The molecule has 0 aliphatic heterocycles. The lowest BCUT2D eigenvalue weighted by molar-refractivity contribution is 0.630. The average Bonchev–Trinajstić information content (AvgIpc) is 3.05. The van der Waals surface area contributed by atoms with E-state index < -0.39 is 0 Å². The molecule has 2 heterocycles. The molecule has 3 rings (SSSR count). The van der Waals surface area contributed by atoms with Crippen molar-refractivity contribution < 1.29 is 0 Å². The summed E-state index contributed by atoms with van der Waals surface area (Å²) in [7, 11) is 1.86. The normalized spacial score (nSPS) is 10.6. The lowest BCUT2D eigenvalue weighted by Gasteiger charge is -2.07. The maximum Gasteiger partial charge on any atom is 0.281 e. The smallest absolute Gasteiger partial charge is 0.281 e. The molecule has 0 atom stereocenters. The zero-order valence-corrected chi connectivity index (χ0v) is 13.1. The molecule has 0 aliphatic carbocycles. The average molecular weight is 310 g/mol. The van der Waals surface area contributed by atoms with Crippen LogP contribution in [-0.4, -0.2) is 14.3 Å². The van der Waals surface area contributed by atoms with Crippen molar-refractivity contribution in [3.63, 3.8) is 0 Å². The number of aromatic nitrogens is 3. The second kappa shape index (κ2) is 5.62. The molecule has 3 aromatic rings. The third-order valence-electron chi connectivity index (χ3n) is 3.59. The molecule has 0 N–H and O–H groups in total. The van der Waals surface area contributed by atoms with Gasteiger partial charge in [-0.15, -0.1) is 11.3 Å². The Kier molecular flexibility index (Phi) is 3.65. The molecule has 0 aliphatic rings. The van der Waals surface area contributed by atoms with E-state index in [2.05, 4.69) is 11.1 Å². The monoisotopic (exact) mass is 310 g/mol. The van der Waals surface area contributed by atoms with E-state index in [1.54, 1.807) is 4.68 Å². The Bertz CT molecular complexity index is 912. The van der Waals surface area contributed by atoms with E-state index >= 15 is 0 Å². The third kappa shape index (κ3) is 2.26. The van der Waals surface area contributed by atoms with Crippen molar-refractivity contribution in [3.8, 4) is 23.0 Å². The topological polar surface area (TPSA) is 63.6 Å². The highest BCUT2D eigenvalue weighted by molar-refractivity contribution is 7.10. The molecule has 2 aromatic heterocycles. The van der Waals surface area contributed by atoms with Gasteiger partial charge in [0.15, 0.2) is 0 Å². The van der Waals surface area contributed by atoms with Gasteiger partial charge < -0.3 is 0 Å². The number of rotatable bonds is 3. The maximum absolute atomic E-state index is 12.8. The predicted molar refractivity (Wildman–Crippen MR) is 86.2 cm³/mol. The zero-order valence-electron chi connectivity index (χ0n) is 12.3. The van der Waals surface area contributed by atoms with Crippen LogP contribution in [0.1, 0.15) is 10.7 Å². The Labute approximate surface area is 131 Å². The second-order valence-electron chi connectivity index (χ2n) is 4.90. The highest BCUT2D eigenvalue weighted by atomic mass is 32.1. The summed E-state index contributed by atoms with van der Waals surface area (Å²) in [5.41, 5.74) is 2.80. The highest BCUT2D eigenvalue weighted by Crippen LogP contribution is 2.23. The molecular weight excluding hydrogens is 296 g/mol. The van der Waals surface area contributed by atoms with E-state index in [1.807, 2.05) is 54.4 Å².